The lowest BCUT2D eigenvalue weighted by Gasteiger charge is -2.10. The number of hydrogen-bond acceptors (Lipinski definition) is 4. The zero-order valence-corrected chi connectivity index (χ0v) is 12.1. The smallest absolute Gasteiger partial charge is 0.270 e. The van der Waals surface area contributed by atoms with Crippen LogP contribution in [-0.4, -0.2) is 37.0 Å². The van der Waals surface area contributed by atoms with Crippen LogP contribution in [0.4, 0.5) is 5.69 Å². The molecule has 0 aliphatic carbocycles. The number of hydrogen-bond donors (Lipinski definition) is 1. The molecule has 0 saturated carbocycles. The van der Waals surface area contributed by atoms with Gasteiger partial charge in [-0.05, 0) is 51.7 Å². The van der Waals surface area contributed by atoms with Crippen molar-refractivity contribution in [3.63, 3.8) is 0 Å². The van der Waals surface area contributed by atoms with E-state index in [1.165, 1.54) is 12.1 Å². The first-order valence-electron chi connectivity index (χ1n) is 6.29. The van der Waals surface area contributed by atoms with Crippen molar-refractivity contribution in [1.29, 1.82) is 0 Å². The van der Waals surface area contributed by atoms with Gasteiger partial charge in [-0.2, -0.15) is 0 Å². The van der Waals surface area contributed by atoms with Gasteiger partial charge in [0.05, 0.1) is 9.95 Å². The van der Waals surface area contributed by atoms with E-state index in [2.05, 4.69) is 24.3 Å². The highest BCUT2D eigenvalue weighted by Gasteiger charge is 2.08. The largest absolute Gasteiger partial charge is 0.313 e. The van der Waals surface area contributed by atoms with Crippen LogP contribution in [0.25, 0.3) is 0 Å². The lowest BCUT2D eigenvalue weighted by molar-refractivity contribution is -0.384. The maximum Gasteiger partial charge on any atom is 0.270 e. The number of halogens is 1. The summed E-state index contributed by atoms with van der Waals surface area (Å²) in [6.45, 7) is 2.64. The Bertz CT molecular complexity index is 424. The van der Waals surface area contributed by atoms with Gasteiger partial charge in [0, 0.05) is 18.7 Å². The third kappa shape index (κ3) is 6.00. The van der Waals surface area contributed by atoms with E-state index in [4.69, 9.17) is 11.6 Å². The first-order chi connectivity index (χ1) is 9.00. The lowest BCUT2D eigenvalue weighted by Crippen LogP contribution is -2.18. The zero-order valence-electron chi connectivity index (χ0n) is 11.4. The summed E-state index contributed by atoms with van der Waals surface area (Å²) in [5.74, 6) is 0. The summed E-state index contributed by atoms with van der Waals surface area (Å²) in [6.07, 6.45) is 2.25. The van der Waals surface area contributed by atoms with Crippen LogP contribution in [0.3, 0.4) is 0 Å². The van der Waals surface area contributed by atoms with Gasteiger partial charge in [-0.3, -0.25) is 10.1 Å². The maximum atomic E-state index is 10.6. The molecule has 0 bridgehead atoms. The Morgan fingerprint density at radius 3 is 2.68 bits per heavy atom. The standard InChI is InChI=1S/C13H20ClN3O2/c1-16(2)8-4-3-7-15-10-11-5-6-12(17(18)19)9-13(11)14/h5-6,9,15H,3-4,7-8,10H2,1-2H3. The van der Waals surface area contributed by atoms with Crippen LogP contribution in [0.15, 0.2) is 18.2 Å². The number of nitro groups is 1. The molecule has 1 aromatic rings. The average Bonchev–Trinajstić information content (AvgIpc) is 2.34. The number of non-ortho nitro benzene ring substituents is 1. The van der Waals surface area contributed by atoms with Gasteiger partial charge in [0.1, 0.15) is 0 Å². The molecule has 0 radical (unpaired) electrons. The quantitative estimate of drug-likeness (QED) is 0.453. The molecular formula is C13H20ClN3O2. The molecule has 0 aliphatic heterocycles. The molecule has 19 heavy (non-hydrogen) atoms. The fourth-order valence-corrected chi connectivity index (χ4v) is 1.94. The summed E-state index contributed by atoms with van der Waals surface area (Å²) >= 11 is 6.00. The SMILES string of the molecule is CN(C)CCCCNCc1ccc([N+](=O)[O-])cc1Cl. The minimum atomic E-state index is -0.440. The van der Waals surface area contributed by atoms with Crippen molar-refractivity contribution in [2.45, 2.75) is 19.4 Å². The highest BCUT2D eigenvalue weighted by molar-refractivity contribution is 6.31. The molecule has 1 N–H and O–H groups in total. The van der Waals surface area contributed by atoms with Crippen LogP contribution < -0.4 is 5.32 Å². The predicted octanol–water partition coefficient (Wildman–Crippen LogP) is 2.68. The summed E-state index contributed by atoms with van der Waals surface area (Å²) in [5.41, 5.74) is 0.916. The van der Waals surface area contributed by atoms with Crippen LogP contribution in [0, 0.1) is 10.1 Å². The van der Waals surface area contributed by atoms with Gasteiger partial charge in [0.2, 0.25) is 0 Å². The van der Waals surface area contributed by atoms with Crippen molar-refractivity contribution >= 4 is 17.3 Å². The molecule has 0 spiro atoms. The molecule has 1 aromatic carbocycles. The second kappa shape index (κ2) is 8.09. The Morgan fingerprint density at radius 2 is 2.11 bits per heavy atom. The zero-order chi connectivity index (χ0) is 14.3. The number of nitrogens with zero attached hydrogens (tertiary/aromatic N) is 2. The first-order valence-corrected chi connectivity index (χ1v) is 6.67. The minimum Gasteiger partial charge on any atom is -0.313 e. The van der Waals surface area contributed by atoms with Gasteiger partial charge in [0.15, 0.2) is 0 Å². The van der Waals surface area contributed by atoms with Crippen LogP contribution in [0.1, 0.15) is 18.4 Å². The van der Waals surface area contributed by atoms with Crippen molar-refractivity contribution in [1.82, 2.24) is 10.2 Å². The maximum absolute atomic E-state index is 10.6. The monoisotopic (exact) mass is 285 g/mol. The molecule has 0 aliphatic rings. The molecule has 0 saturated heterocycles. The van der Waals surface area contributed by atoms with Crippen LogP contribution in [-0.2, 0) is 6.54 Å². The van der Waals surface area contributed by atoms with Crippen molar-refractivity contribution in [3.8, 4) is 0 Å². The third-order valence-corrected chi connectivity index (χ3v) is 3.12. The van der Waals surface area contributed by atoms with E-state index < -0.39 is 4.92 Å². The number of unbranched alkanes of at least 4 members (excludes halogenated alkanes) is 1. The van der Waals surface area contributed by atoms with Gasteiger partial charge < -0.3 is 10.2 Å². The topological polar surface area (TPSA) is 58.4 Å². The van der Waals surface area contributed by atoms with Crippen molar-refractivity contribution in [2.75, 3.05) is 27.2 Å². The Labute approximate surface area is 118 Å². The van der Waals surface area contributed by atoms with Crippen LogP contribution >= 0.6 is 11.6 Å². The van der Waals surface area contributed by atoms with E-state index in [1.54, 1.807) is 6.07 Å². The van der Waals surface area contributed by atoms with Gasteiger partial charge in [-0.25, -0.2) is 0 Å². The molecule has 0 unspecified atom stereocenters. The average molecular weight is 286 g/mol. The second-order valence-corrected chi connectivity index (χ2v) is 5.13. The number of nitro benzene ring substituents is 1. The Balaban J connectivity index is 2.32. The second-order valence-electron chi connectivity index (χ2n) is 4.72. The minimum absolute atomic E-state index is 0.0275. The molecule has 0 aromatic heterocycles. The molecule has 1 rings (SSSR count). The molecule has 5 nitrogen and oxygen atoms in total. The summed E-state index contributed by atoms with van der Waals surface area (Å²) in [6, 6.07) is 4.58. The van der Waals surface area contributed by atoms with E-state index in [0.717, 1.165) is 31.5 Å². The Kier molecular flexibility index (Phi) is 6.77. The van der Waals surface area contributed by atoms with E-state index in [9.17, 15) is 10.1 Å². The van der Waals surface area contributed by atoms with Crippen LogP contribution in [0.2, 0.25) is 5.02 Å². The van der Waals surface area contributed by atoms with Gasteiger partial charge in [-0.15, -0.1) is 0 Å². The molecular weight excluding hydrogens is 266 g/mol. The van der Waals surface area contributed by atoms with Crippen molar-refractivity contribution in [3.05, 3.63) is 38.9 Å². The Morgan fingerprint density at radius 1 is 1.37 bits per heavy atom. The molecule has 0 fully saturated rings. The Hall–Kier alpha value is -1.17. The number of benzene rings is 1. The van der Waals surface area contributed by atoms with E-state index in [-0.39, 0.29) is 5.69 Å². The van der Waals surface area contributed by atoms with Crippen LogP contribution in [0.5, 0.6) is 0 Å². The third-order valence-electron chi connectivity index (χ3n) is 2.77. The fourth-order valence-electron chi connectivity index (χ4n) is 1.69. The highest BCUT2D eigenvalue weighted by Crippen LogP contribution is 2.22. The normalized spacial score (nSPS) is 10.9. The van der Waals surface area contributed by atoms with Crippen molar-refractivity contribution < 1.29 is 4.92 Å². The van der Waals surface area contributed by atoms with E-state index >= 15 is 0 Å². The summed E-state index contributed by atoms with van der Waals surface area (Å²) < 4.78 is 0. The summed E-state index contributed by atoms with van der Waals surface area (Å²) in [7, 11) is 4.12. The van der Waals surface area contributed by atoms with E-state index in [0.29, 0.717) is 11.6 Å². The molecule has 0 heterocycles. The first kappa shape index (κ1) is 15.9. The summed E-state index contributed by atoms with van der Waals surface area (Å²) in [4.78, 5) is 12.3. The summed E-state index contributed by atoms with van der Waals surface area (Å²) in [5, 5.41) is 14.3. The lowest BCUT2D eigenvalue weighted by atomic mass is 10.2. The highest BCUT2D eigenvalue weighted by atomic mass is 35.5. The van der Waals surface area contributed by atoms with Gasteiger partial charge in [-0.1, -0.05) is 11.6 Å². The molecule has 0 atom stereocenters. The van der Waals surface area contributed by atoms with E-state index in [1.807, 2.05) is 0 Å². The number of rotatable bonds is 8. The predicted molar refractivity (Wildman–Crippen MR) is 77.6 cm³/mol. The fraction of sp³-hybridized carbons (Fsp3) is 0.538. The molecule has 0 amide bonds. The molecule has 106 valence electrons. The number of nitrogens with one attached hydrogen (secondary N) is 1. The van der Waals surface area contributed by atoms with Gasteiger partial charge in [0.25, 0.3) is 5.69 Å². The van der Waals surface area contributed by atoms with Gasteiger partial charge >= 0.3 is 0 Å². The molecule has 6 heteroatoms. The van der Waals surface area contributed by atoms with Crippen molar-refractivity contribution in [2.24, 2.45) is 0 Å².